The number of para-hydroxylation sites is 1. The Kier molecular flexibility index (Phi) is 11.3. The van der Waals surface area contributed by atoms with Crippen molar-refractivity contribution in [3.63, 3.8) is 0 Å². The molecular formula is C37H42FNO8. The molecule has 250 valence electrons. The number of halogens is 1. The Labute approximate surface area is 273 Å². The number of methoxy groups -OCH3 is 1. The number of rotatable bonds is 12. The maximum absolute atomic E-state index is 13.4. The molecule has 1 fully saturated rings. The van der Waals surface area contributed by atoms with E-state index in [-0.39, 0.29) is 11.6 Å². The quantitative estimate of drug-likeness (QED) is 0.132. The van der Waals surface area contributed by atoms with Crippen LogP contribution in [0.15, 0.2) is 97.1 Å². The van der Waals surface area contributed by atoms with Gasteiger partial charge in [-0.15, -0.1) is 0 Å². The van der Waals surface area contributed by atoms with Crippen LogP contribution in [-0.4, -0.2) is 81.9 Å². The molecule has 1 aliphatic heterocycles. The number of ether oxygens (including phenoxy) is 2. The van der Waals surface area contributed by atoms with E-state index in [9.17, 15) is 35.0 Å². The lowest BCUT2D eigenvalue weighted by molar-refractivity contribution is -0.231. The van der Waals surface area contributed by atoms with Gasteiger partial charge in [-0.05, 0) is 65.4 Å². The summed E-state index contributed by atoms with van der Waals surface area (Å²) >= 11 is 0. The molecule has 8 atom stereocenters. The molecule has 0 spiro atoms. The van der Waals surface area contributed by atoms with E-state index in [1.165, 1.54) is 12.1 Å². The molecule has 0 radical (unpaired) electrons. The van der Waals surface area contributed by atoms with Gasteiger partial charge >= 0.3 is 0 Å². The predicted molar refractivity (Wildman–Crippen MR) is 175 cm³/mol. The summed E-state index contributed by atoms with van der Waals surface area (Å²) in [6.07, 6.45) is -6.72. The van der Waals surface area contributed by atoms with Crippen molar-refractivity contribution in [1.82, 2.24) is 0 Å². The van der Waals surface area contributed by atoms with Gasteiger partial charge in [-0.2, -0.15) is 0 Å². The lowest BCUT2D eigenvalue weighted by Gasteiger charge is -2.40. The molecular weight excluding hydrogens is 605 g/mol. The fourth-order valence-corrected chi connectivity index (χ4v) is 6.28. The van der Waals surface area contributed by atoms with E-state index in [4.69, 9.17) is 9.47 Å². The van der Waals surface area contributed by atoms with Crippen LogP contribution in [-0.2, 0) is 9.47 Å². The van der Waals surface area contributed by atoms with Crippen molar-refractivity contribution in [2.75, 3.05) is 25.7 Å². The van der Waals surface area contributed by atoms with E-state index in [1.54, 1.807) is 49.6 Å². The summed E-state index contributed by atoms with van der Waals surface area (Å²) in [5.41, 5.74) is 4.21. The van der Waals surface area contributed by atoms with Gasteiger partial charge in [0.2, 0.25) is 0 Å². The van der Waals surface area contributed by atoms with Crippen LogP contribution >= 0.6 is 0 Å². The highest BCUT2D eigenvalue weighted by Crippen LogP contribution is 2.40. The van der Waals surface area contributed by atoms with E-state index in [2.05, 4.69) is 0 Å². The van der Waals surface area contributed by atoms with Gasteiger partial charge in [-0.3, -0.25) is 0 Å². The van der Waals surface area contributed by atoms with Gasteiger partial charge in [-0.1, -0.05) is 66.7 Å². The van der Waals surface area contributed by atoms with Crippen molar-refractivity contribution in [2.45, 2.75) is 61.6 Å². The Morgan fingerprint density at radius 1 is 0.830 bits per heavy atom. The second-order valence-electron chi connectivity index (χ2n) is 12.0. The van der Waals surface area contributed by atoms with E-state index < -0.39 is 55.4 Å². The number of aliphatic hydroxyl groups is 5. The SMILES string of the molecule is CO[C@H](CC[C@H](O)c1ccc(F)cc1)[C@@H](c1ccc(-c2ccc([C@@H]3O[C@H](CO)[C@@H](O)[C@H](O)[C@H]3O)cc2)cc1O)N(C)c1ccccc1. The zero-order valence-corrected chi connectivity index (χ0v) is 26.3. The Morgan fingerprint density at radius 3 is 2.11 bits per heavy atom. The van der Waals surface area contributed by atoms with E-state index >= 15 is 0 Å². The molecule has 10 heteroatoms. The first-order chi connectivity index (χ1) is 22.6. The van der Waals surface area contributed by atoms with Crippen LogP contribution in [0.1, 0.15) is 47.8 Å². The van der Waals surface area contributed by atoms with E-state index in [0.717, 1.165) is 16.8 Å². The average Bonchev–Trinajstić information content (AvgIpc) is 3.10. The second-order valence-corrected chi connectivity index (χ2v) is 12.0. The minimum absolute atomic E-state index is 0.0504. The Balaban J connectivity index is 1.39. The van der Waals surface area contributed by atoms with Crippen LogP contribution in [0.25, 0.3) is 11.1 Å². The molecule has 0 aromatic heterocycles. The third-order valence-corrected chi connectivity index (χ3v) is 9.03. The highest BCUT2D eigenvalue weighted by molar-refractivity contribution is 5.67. The standard InChI is InChI=1S/C37H42FNO8/c1-39(27-6-4-3-5-7-27)33(31(46-2)19-18-29(41)23-12-15-26(38)16-13-23)28-17-14-25(20-30(28)42)22-8-10-24(11-9-22)37-36(45)35(44)34(43)32(21-40)47-37/h3-17,20,29,31-37,40-45H,18-19,21H2,1-2H3/t29-,31+,32+,33+,34+,35-,36+,37-/m0/s1. The highest BCUT2D eigenvalue weighted by Gasteiger charge is 2.44. The topological polar surface area (TPSA) is 143 Å². The molecule has 47 heavy (non-hydrogen) atoms. The first kappa shape index (κ1) is 34.5. The third kappa shape index (κ3) is 7.66. The van der Waals surface area contributed by atoms with Gasteiger partial charge in [0.15, 0.2) is 0 Å². The first-order valence-corrected chi connectivity index (χ1v) is 15.6. The number of nitrogens with zero attached hydrogens (tertiary/aromatic N) is 1. The Morgan fingerprint density at radius 2 is 1.49 bits per heavy atom. The molecule has 0 aliphatic carbocycles. The van der Waals surface area contributed by atoms with Crippen LogP contribution < -0.4 is 4.90 Å². The number of phenols is 1. The molecule has 0 amide bonds. The summed E-state index contributed by atoms with van der Waals surface area (Å²) in [4.78, 5) is 2.03. The average molecular weight is 648 g/mol. The molecule has 0 bridgehead atoms. The van der Waals surface area contributed by atoms with Gasteiger partial charge < -0.3 is 45.0 Å². The van der Waals surface area contributed by atoms with Crippen LogP contribution in [0, 0.1) is 5.82 Å². The van der Waals surface area contributed by atoms with Gasteiger partial charge in [0.25, 0.3) is 0 Å². The molecule has 4 aromatic rings. The molecule has 6 N–H and O–H groups in total. The normalized spacial score (nSPS) is 23.2. The number of aromatic hydroxyl groups is 1. The number of likely N-dealkylation sites (N-methyl/N-ethyl adjacent to an activating group) is 1. The third-order valence-electron chi connectivity index (χ3n) is 9.03. The summed E-state index contributed by atoms with van der Waals surface area (Å²) in [7, 11) is 3.52. The highest BCUT2D eigenvalue weighted by atomic mass is 19.1. The zero-order valence-electron chi connectivity index (χ0n) is 26.3. The Hall–Kier alpha value is -3.87. The summed E-state index contributed by atoms with van der Waals surface area (Å²) < 4.78 is 25.1. The van der Waals surface area contributed by atoms with E-state index in [0.29, 0.717) is 29.5 Å². The van der Waals surface area contributed by atoms with E-state index in [1.807, 2.05) is 54.4 Å². The number of anilines is 1. The fourth-order valence-electron chi connectivity index (χ4n) is 6.28. The molecule has 0 saturated carbocycles. The Bertz CT molecular complexity index is 1570. The maximum atomic E-state index is 13.4. The van der Waals surface area contributed by atoms with Crippen molar-refractivity contribution in [2.24, 2.45) is 0 Å². The number of aliphatic hydroxyl groups excluding tert-OH is 5. The molecule has 1 aliphatic rings. The van der Waals surface area contributed by atoms with Crippen molar-refractivity contribution in [3.05, 3.63) is 120 Å². The fraction of sp³-hybridized carbons (Fsp3) is 0.351. The lowest BCUT2D eigenvalue weighted by atomic mass is 9.90. The van der Waals surface area contributed by atoms with Crippen molar-refractivity contribution in [3.8, 4) is 16.9 Å². The first-order valence-electron chi connectivity index (χ1n) is 15.6. The summed E-state index contributed by atoms with van der Waals surface area (Å²) in [6, 6.07) is 27.5. The van der Waals surface area contributed by atoms with Crippen LogP contribution in [0.3, 0.4) is 0 Å². The minimum Gasteiger partial charge on any atom is -0.508 e. The van der Waals surface area contributed by atoms with Crippen LogP contribution in [0.2, 0.25) is 0 Å². The van der Waals surface area contributed by atoms with Crippen LogP contribution in [0.4, 0.5) is 10.1 Å². The molecule has 4 aromatic carbocycles. The molecule has 1 saturated heterocycles. The smallest absolute Gasteiger partial charge is 0.123 e. The van der Waals surface area contributed by atoms with Crippen LogP contribution in [0.5, 0.6) is 5.75 Å². The van der Waals surface area contributed by atoms with Gasteiger partial charge in [0, 0.05) is 25.4 Å². The summed E-state index contributed by atoms with van der Waals surface area (Å²) in [5, 5.41) is 62.7. The maximum Gasteiger partial charge on any atom is 0.123 e. The van der Waals surface area contributed by atoms with Crippen molar-refractivity contribution >= 4 is 5.69 Å². The molecule has 0 unspecified atom stereocenters. The van der Waals surface area contributed by atoms with Crippen molar-refractivity contribution < 1.29 is 44.5 Å². The summed E-state index contributed by atoms with van der Waals surface area (Å²) in [6.45, 7) is -0.510. The van der Waals surface area contributed by atoms with Gasteiger partial charge in [-0.25, -0.2) is 4.39 Å². The summed E-state index contributed by atoms with van der Waals surface area (Å²) in [5.74, 6) is -0.321. The minimum atomic E-state index is -1.47. The lowest BCUT2D eigenvalue weighted by Crippen LogP contribution is -2.55. The number of phenolic OH excluding ortho intramolecular Hbond substituents is 1. The largest absolute Gasteiger partial charge is 0.508 e. The molecule has 1 heterocycles. The number of hydrogen-bond donors (Lipinski definition) is 6. The monoisotopic (exact) mass is 647 g/mol. The second kappa shape index (κ2) is 15.4. The van der Waals surface area contributed by atoms with Gasteiger partial charge in [0.05, 0.1) is 24.9 Å². The number of benzene rings is 4. The predicted octanol–water partition coefficient (Wildman–Crippen LogP) is 4.42. The zero-order chi connectivity index (χ0) is 33.7. The molecule has 5 rings (SSSR count). The van der Waals surface area contributed by atoms with Gasteiger partial charge in [0.1, 0.15) is 42.1 Å². The van der Waals surface area contributed by atoms with Crippen molar-refractivity contribution in [1.29, 1.82) is 0 Å². The number of hydrogen-bond acceptors (Lipinski definition) is 9. The molecule has 9 nitrogen and oxygen atoms in total.